The largest absolute Gasteiger partial charge is 0.456 e. The highest BCUT2D eigenvalue weighted by Crippen LogP contribution is 2.50. The van der Waals surface area contributed by atoms with E-state index in [-0.39, 0.29) is 0 Å². The first kappa shape index (κ1) is 58.7. The number of benzene rings is 14. The van der Waals surface area contributed by atoms with Crippen LogP contribution in [-0.4, -0.2) is 24.1 Å². The molecule has 0 aliphatic carbocycles. The average molecular weight is 1280 g/mol. The summed E-state index contributed by atoms with van der Waals surface area (Å²) in [6.45, 7) is 0. The van der Waals surface area contributed by atoms with Crippen LogP contribution in [-0.2, 0) is 9.13 Å². The molecule has 0 amide bonds. The van der Waals surface area contributed by atoms with Gasteiger partial charge in [0.15, 0.2) is 31.8 Å². The van der Waals surface area contributed by atoms with Crippen LogP contribution >= 0.6 is 14.3 Å². The maximum atomic E-state index is 16.5. The van der Waals surface area contributed by atoms with Crippen molar-refractivity contribution in [3.63, 3.8) is 0 Å². The van der Waals surface area contributed by atoms with Gasteiger partial charge in [-0.1, -0.05) is 255 Å². The number of nitrogens with zero attached hydrogens (tertiary/aromatic N) is 5. The molecule has 460 valence electrons. The van der Waals surface area contributed by atoms with Crippen molar-refractivity contribution in [2.75, 3.05) is 0 Å². The van der Waals surface area contributed by atoms with Crippen LogP contribution in [0.3, 0.4) is 0 Å². The molecule has 0 spiro atoms. The molecule has 17 aromatic rings. The Kier molecular flexibility index (Phi) is 15.0. The molecular weight excluding hydrogens is 1220 g/mol. The highest BCUT2D eigenvalue weighted by Gasteiger charge is 2.36. The minimum absolute atomic E-state index is 0.361. The van der Waals surface area contributed by atoms with Crippen LogP contribution in [0.4, 0.5) is 0 Å². The molecule has 14 aromatic carbocycles. The first-order chi connectivity index (χ1) is 47.8. The third-order valence-electron chi connectivity index (χ3n) is 18.4. The number of hydrogen-bond acceptors (Lipinski definition) is 6. The molecule has 0 saturated heterocycles. The number of aromatic nitrogens is 5. The Morgan fingerprint density at radius 1 is 0.237 bits per heavy atom. The summed E-state index contributed by atoms with van der Waals surface area (Å²) in [4.78, 5) is 15.6. The SMILES string of the molecule is O=P(c1ccccc1)(c1ccccc1)c1ccccc1Oc1cc(-c2cccc(-c3nc(-c4ccccc4)nc(-c4ccc(-n5c6ccccc6c6cc(-c7ccc8c(c7)c7ccccc7n8-c7ccccc7)ccc65)cc4)n3)c2)ccc1P(=O)(c1ccccc1)c1ccccc1. The van der Waals surface area contributed by atoms with E-state index in [0.717, 1.165) is 61.4 Å². The Balaban J connectivity index is 0.751. The number of hydrogen-bond donors (Lipinski definition) is 0. The van der Waals surface area contributed by atoms with Crippen molar-refractivity contribution < 1.29 is 13.9 Å². The second-order valence-corrected chi connectivity index (χ2v) is 29.6. The first-order valence-corrected chi connectivity index (χ1v) is 35.8. The fraction of sp³-hybridized carbons (Fsp3) is 0. The highest BCUT2D eigenvalue weighted by atomic mass is 31.2. The van der Waals surface area contributed by atoms with Crippen molar-refractivity contribution >= 4 is 89.7 Å². The molecule has 0 saturated carbocycles. The van der Waals surface area contributed by atoms with Gasteiger partial charge in [0.2, 0.25) is 0 Å². The van der Waals surface area contributed by atoms with Crippen molar-refractivity contribution in [3.05, 3.63) is 358 Å². The molecule has 0 bridgehead atoms. The molecule has 3 aromatic heterocycles. The van der Waals surface area contributed by atoms with Gasteiger partial charge in [-0.15, -0.1) is 0 Å². The molecule has 0 atom stereocenters. The van der Waals surface area contributed by atoms with Gasteiger partial charge in [0.25, 0.3) is 0 Å². The predicted octanol–water partition coefficient (Wildman–Crippen LogP) is 19.5. The molecule has 0 N–H and O–H groups in total. The Morgan fingerprint density at radius 3 is 1.09 bits per heavy atom. The number of ether oxygens (including phenoxy) is 1. The van der Waals surface area contributed by atoms with Gasteiger partial charge >= 0.3 is 0 Å². The van der Waals surface area contributed by atoms with Gasteiger partial charge in [-0.2, -0.15) is 0 Å². The van der Waals surface area contributed by atoms with Gasteiger partial charge in [-0.3, -0.25) is 0 Å². The predicted molar refractivity (Wildman–Crippen MR) is 401 cm³/mol. The number of fused-ring (bicyclic) bond motifs is 6. The summed E-state index contributed by atoms with van der Waals surface area (Å²) in [6.07, 6.45) is 0. The maximum Gasteiger partial charge on any atom is 0.174 e. The molecule has 8 nitrogen and oxygen atoms in total. The zero-order valence-corrected chi connectivity index (χ0v) is 54.2. The van der Waals surface area contributed by atoms with Gasteiger partial charge < -0.3 is 23.0 Å². The summed E-state index contributed by atoms with van der Waals surface area (Å²) in [7, 11) is -7.22. The van der Waals surface area contributed by atoms with Gasteiger partial charge in [-0.25, -0.2) is 15.0 Å². The van der Waals surface area contributed by atoms with Crippen molar-refractivity contribution in [2.45, 2.75) is 0 Å². The van der Waals surface area contributed by atoms with Crippen LogP contribution in [0.25, 0.3) is 111 Å². The number of para-hydroxylation sites is 4. The minimum Gasteiger partial charge on any atom is -0.456 e. The van der Waals surface area contributed by atoms with E-state index >= 15 is 9.13 Å². The quantitative estimate of drug-likeness (QED) is 0.0950. The van der Waals surface area contributed by atoms with Crippen LogP contribution < -0.4 is 36.6 Å². The lowest BCUT2D eigenvalue weighted by Gasteiger charge is -2.25. The van der Waals surface area contributed by atoms with Gasteiger partial charge in [-0.05, 0) is 125 Å². The summed E-state index contributed by atoms with van der Waals surface area (Å²) in [5, 5.41) is 8.42. The van der Waals surface area contributed by atoms with Gasteiger partial charge in [0.05, 0.1) is 32.7 Å². The smallest absolute Gasteiger partial charge is 0.174 e. The summed E-state index contributed by atoms with van der Waals surface area (Å²) in [5.41, 5.74) is 13.1. The van der Waals surface area contributed by atoms with E-state index in [1.54, 1.807) is 0 Å². The van der Waals surface area contributed by atoms with E-state index in [4.69, 9.17) is 19.7 Å². The molecule has 0 unspecified atom stereocenters. The zero-order chi connectivity index (χ0) is 64.9. The van der Waals surface area contributed by atoms with E-state index in [1.165, 1.54) is 32.6 Å². The van der Waals surface area contributed by atoms with E-state index in [9.17, 15) is 0 Å². The van der Waals surface area contributed by atoms with Crippen LogP contribution in [0.1, 0.15) is 0 Å². The first-order valence-electron chi connectivity index (χ1n) is 32.4. The lowest BCUT2D eigenvalue weighted by molar-refractivity contribution is 0.489. The molecule has 10 heteroatoms. The Hall–Kier alpha value is -12.1. The maximum absolute atomic E-state index is 16.5. The monoisotopic (exact) mass is 1280 g/mol. The molecular formula is C87H59N5O3P2. The molecule has 17 rings (SSSR count). The zero-order valence-electron chi connectivity index (χ0n) is 52.4. The second-order valence-electron chi connectivity index (χ2n) is 24.1. The molecule has 0 radical (unpaired) electrons. The summed E-state index contributed by atoms with van der Waals surface area (Å²) in [6, 6.07) is 120. The van der Waals surface area contributed by atoms with E-state index in [2.05, 4.69) is 155 Å². The third kappa shape index (κ3) is 10.5. The summed E-state index contributed by atoms with van der Waals surface area (Å²) >= 11 is 0. The van der Waals surface area contributed by atoms with Crippen LogP contribution in [0.15, 0.2) is 358 Å². The Morgan fingerprint density at radius 2 is 0.577 bits per heavy atom. The van der Waals surface area contributed by atoms with Crippen molar-refractivity contribution in [2.24, 2.45) is 0 Å². The normalized spacial score (nSPS) is 11.8. The fourth-order valence-electron chi connectivity index (χ4n) is 13.8. The van der Waals surface area contributed by atoms with Crippen LogP contribution in [0.2, 0.25) is 0 Å². The Labute approximate surface area is 561 Å². The Bertz CT molecular complexity index is 5820. The summed E-state index contributed by atoms with van der Waals surface area (Å²) in [5.74, 6) is 2.30. The molecule has 0 fully saturated rings. The van der Waals surface area contributed by atoms with Crippen LogP contribution in [0.5, 0.6) is 11.5 Å². The van der Waals surface area contributed by atoms with Gasteiger partial charge in [0.1, 0.15) is 11.5 Å². The number of rotatable bonds is 15. The molecule has 97 heavy (non-hydrogen) atoms. The van der Waals surface area contributed by atoms with Crippen molar-refractivity contribution in [3.8, 4) is 79.3 Å². The average Bonchev–Trinajstić information content (AvgIpc) is 1.65. The standard InChI is InChI=1S/C87H59N5O3P2/c93-96(69-32-11-3-12-33-69,70-34-13-4-14-35-70)83-45-24-23-44-81(83)95-82-59-65(50-55-84(82)97(94,71-36-15-5-16-37-71)72-38-17-6-18-39-72)62-28-25-29-66(56-62)87-89-85(60-26-7-1-8-27-60)88-86(90-87)61-46-51-68(52-47-61)92-78-43-22-20-41-74(78)76-58-64(49-54-80(76)92)63-48-53-79-75(57-63)73-40-19-21-42-77(73)91(79)67-30-9-2-10-31-67/h1-59H. The topological polar surface area (TPSA) is 91.9 Å². The lowest BCUT2D eigenvalue weighted by Crippen LogP contribution is -2.28. The second kappa shape index (κ2) is 24.7. The fourth-order valence-corrected chi connectivity index (χ4v) is 19.3. The van der Waals surface area contributed by atoms with Crippen LogP contribution in [0, 0.1) is 0 Å². The summed E-state index contributed by atoms with van der Waals surface area (Å²) < 4.78 is 44.6. The molecule has 0 aliphatic rings. The van der Waals surface area contributed by atoms with E-state index < -0.39 is 14.3 Å². The highest BCUT2D eigenvalue weighted by molar-refractivity contribution is 7.86. The lowest BCUT2D eigenvalue weighted by atomic mass is 10.0. The molecule has 3 heterocycles. The van der Waals surface area contributed by atoms with Gasteiger partial charge in [0, 0.05) is 70.8 Å². The third-order valence-corrected chi connectivity index (χ3v) is 24.6. The molecule has 0 aliphatic heterocycles. The van der Waals surface area contributed by atoms with Crippen molar-refractivity contribution in [1.29, 1.82) is 0 Å². The minimum atomic E-state index is -3.66. The van der Waals surface area contributed by atoms with E-state index in [0.29, 0.717) is 60.8 Å². The van der Waals surface area contributed by atoms with E-state index in [1.807, 2.05) is 212 Å². The van der Waals surface area contributed by atoms with Crippen molar-refractivity contribution in [1.82, 2.24) is 24.1 Å².